The molecule has 0 N–H and O–H groups in total. The molecular weight excluding hydrogens is 212 g/mol. The zero-order chi connectivity index (χ0) is 12.7. The molecule has 6 heteroatoms. The normalized spacial score (nSPS) is 8.94. The summed E-state index contributed by atoms with van der Waals surface area (Å²) in [6.07, 6.45) is 0.530. The molecule has 0 radical (unpaired) electrons. The van der Waals surface area contributed by atoms with Gasteiger partial charge in [0, 0.05) is 12.1 Å². The van der Waals surface area contributed by atoms with E-state index in [2.05, 4.69) is 0 Å². The summed E-state index contributed by atoms with van der Waals surface area (Å²) in [6.45, 7) is 5.78. The van der Waals surface area contributed by atoms with Gasteiger partial charge in [0.15, 0.2) is 0 Å². The van der Waals surface area contributed by atoms with E-state index in [0.717, 1.165) is 6.07 Å². The van der Waals surface area contributed by atoms with Crippen LogP contribution in [0.3, 0.4) is 0 Å². The zero-order valence-electron chi connectivity index (χ0n) is 9.47. The second-order valence-corrected chi connectivity index (χ2v) is 2.73. The molecule has 0 aliphatic carbocycles. The first kappa shape index (κ1) is 14.0. The van der Waals surface area contributed by atoms with Crippen molar-refractivity contribution in [3.05, 3.63) is 44.0 Å². The van der Waals surface area contributed by atoms with Gasteiger partial charge in [-0.05, 0) is 12.0 Å². The molecule has 1 aromatic rings. The number of rotatable bonds is 3. The van der Waals surface area contributed by atoms with E-state index in [4.69, 9.17) is 0 Å². The average molecular weight is 226 g/mol. The summed E-state index contributed by atoms with van der Waals surface area (Å²) in [7, 11) is 0. The molecule has 0 unspecified atom stereocenters. The van der Waals surface area contributed by atoms with Crippen LogP contribution in [0.4, 0.5) is 11.4 Å². The molecule has 0 atom stereocenters. The van der Waals surface area contributed by atoms with Gasteiger partial charge >= 0.3 is 0 Å². The molecule has 1 aromatic carbocycles. The maximum absolute atomic E-state index is 10.4. The van der Waals surface area contributed by atoms with Crippen molar-refractivity contribution in [2.24, 2.45) is 0 Å². The van der Waals surface area contributed by atoms with Crippen molar-refractivity contribution in [1.29, 1.82) is 0 Å². The number of non-ortho nitro benzene ring substituents is 2. The fourth-order valence-corrected chi connectivity index (χ4v) is 1.07. The third-order valence-corrected chi connectivity index (χ3v) is 1.79. The summed E-state index contributed by atoms with van der Waals surface area (Å²) in [5.41, 5.74) is 0.109. The molecule has 6 nitrogen and oxygen atoms in total. The molecular formula is C10H14N2O4. The molecule has 0 fully saturated rings. The highest BCUT2D eigenvalue weighted by Gasteiger charge is 2.15. The number of nitro benzene ring substituents is 2. The van der Waals surface area contributed by atoms with Gasteiger partial charge in [0.25, 0.3) is 11.4 Å². The molecule has 0 aliphatic rings. The van der Waals surface area contributed by atoms with Crippen molar-refractivity contribution in [3.63, 3.8) is 0 Å². The van der Waals surface area contributed by atoms with E-state index in [-0.39, 0.29) is 11.4 Å². The summed E-state index contributed by atoms with van der Waals surface area (Å²) in [5.74, 6) is 0. The largest absolute Gasteiger partial charge is 0.276 e. The van der Waals surface area contributed by atoms with Crippen LogP contribution in [0.25, 0.3) is 0 Å². The summed E-state index contributed by atoms with van der Waals surface area (Å²) >= 11 is 0. The van der Waals surface area contributed by atoms with Crippen molar-refractivity contribution >= 4 is 11.4 Å². The SMILES string of the molecule is CC.CCc1cc([N+](=O)[O-])cc([N+](=O)[O-])c1. The lowest BCUT2D eigenvalue weighted by molar-refractivity contribution is -0.394. The fourth-order valence-electron chi connectivity index (χ4n) is 1.07. The van der Waals surface area contributed by atoms with Crippen LogP contribution in [0.1, 0.15) is 26.3 Å². The van der Waals surface area contributed by atoms with Crippen LogP contribution in [-0.2, 0) is 6.42 Å². The monoisotopic (exact) mass is 226 g/mol. The van der Waals surface area contributed by atoms with Crippen molar-refractivity contribution in [2.45, 2.75) is 27.2 Å². The topological polar surface area (TPSA) is 86.3 Å². The number of nitrogens with zero attached hydrogens (tertiary/aromatic N) is 2. The first-order valence-electron chi connectivity index (χ1n) is 4.97. The zero-order valence-corrected chi connectivity index (χ0v) is 9.47. The quantitative estimate of drug-likeness (QED) is 0.585. The van der Waals surface area contributed by atoms with Gasteiger partial charge in [-0.3, -0.25) is 20.2 Å². The molecule has 88 valence electrons. The van der Waals surface area contributed by atoms with E-state index in [1.807, 2.05) is 13.8 Å². The van der Waals surface area contributed by atoms with Crippen molar-refractivity contribution in [2.75, 3.05) is 0 Å². The molecule has 0 spiro atoms. The Bertz CT molecular complexity index is 358. The fraction of sp³-hybridized carbons (Fsp3) is 0.400. The molecule has 0 saturated carbocycles. The van der Waals surface area contributed by atoms with Crippen LogP contribution in [-0.4, -0.2) is 9.85 Å². The highest BCUT2D eigenvalue weighted by Crippen LogP contribution is 2.22. The van der Waals surface area contributed by atoms with E-state index in [1.54, 1.807) is 6.92 Å². The maximum Gasteiger partial charge on any atom is 0.276 e. The molecule has 1 rings (SSSR count). The van der Waals surface area contributed by atoms with Crippen molar-refractivity contribution in [3.8, 4) is 0 Å². The predicted octanol–water partition coefficient (Wildman–Crippen LogP) is 3.09. The van der Waals surface area contributed by atoms with Gasteiger partial charge in [-0.15, -0.1) is 0 Å². The molecule has 0 aliphatic heterocycles. The van der Waals surface area contributed by atoms with Crippen LogP contribution < -0.4 is 0 Å². The number of aryl methyl sites for hydroxylation is 1. The van der Waals surface area contributed by atoms with Gasteiger partial charge in [-0.1, -0.05) is 20.8 Å². The first-order valence-corrected chi connectivity index (χ1v) is 4.97. The summed E-state index contributed by atoms with van der Waals surface area (Å²) < 4.78 is 0. The summed E-state index contributed by atoms with van der Waals surface area (Å²) in [5, 5.41) is 20.9. The number of benzene rings is 1. The van der Waals surface area contributed by atoms with Gasteiger partial charge in [0.1, 0.15) is 0 Å². The second-order valence-electron chi connectivity index (χ2n) is 2.73. The first-order chi connectivity index (χ1) is 7.54. The van der Waals surface area contributed by atoms with E-state index in [0.29, 0.717) is 12.0 Å². The average Bonchev–Trinajstić information content (AvgIpc) is 2.30. The molecule has 0 amide bonds. The Morgan fingerprint density at radius 2 is 1.38 bits per heavy atom. The summed E-state index contributed by atoms with van der Waals surface area (Å²) in [6, 6.07) is 3.64. The van der Waals surface area contributed by atoms with Crippen LogP contribution in [0, 0.1) is 20.2 Å². The van der Waals surface area contributed by atoms with Crippen LogP contribution in [0.2, 0.25) is 0 Å². The van der Waals surface area contributed by atoms with E-state index < -0.39 is 9.85 Å². The Kier molecular flexibility index (Phi) is 5.69. The van der Waals surface area contributed by atoms with Crippen molar-refractivity contribution < 1.29 is 9.85 Å². The minimum atomic E-state index is -0.633. The van der Waals surface area contributed by atoms with E-state index in [1.165, 1.54) is 12.1 Å². The Morgan fingerprint density at radius 3 is 1.62 bits per heavy atom. The van der Waals surface area contributed by atoms with Crippen LogP contribution in [0.15, 0.2) is 18.2 Å². The minimum Gasteiger partial charge on any atom is -0.258 e. The Hall–Kier alpha value is -1.98. The lowest BCUT2D eigenvalue weighted by Crippen LogP contribution is -1.94. The van der Waals surface area contributed by atoms with E-state index >= 15 is 0 Å². The summed E-state index contributed by atoms with van der Waals surface area (Å²) in [4.78, 5) is 19.6. The Labute approximate surface area is 93.2 Å². The molecule has 0 aromatic heterocycles. The van der Waals surface area contributed by atoms with Crippen LogP contribution >= 0.6 is 0 Å². The highest BCUT2D eigenvalue weighted by molar-refractivity contribution is 5.46. The van der Waals surface area contributed by atoms with Crippen LogP contribution in [0.5, 0.6) is 0 Å². The lowest BCUT2D eigenvalue weighted by Gasteiger charge is -1.97. The van der Waals surface area contributed by atoms with Gasteiger partial charge in [0.2, 0.25) is 0 Å². The second kappa shape index (κ2) is 6.49. The smallest absolute Gasteiger partial charge is 0.258 e. The molecule has 0 saturated heterocycles. The Morgan fingerprint density at radius 1 is 1.00 bits per heavy atom. The van der Waals surface area contributed by atoms with E-state index in [9.17, 15) is 20.2 Å². The van der Waals surface area contributed by atoms with Gasteiger partial charge < -0.3 is 0 Å². The van der Waals surface area contributed by atoms with Gasteiger partial charge in [-0.2, -0.15) is 0 Å². The molecule has 16 heavy (non-hydrogen) atoms. The maximum atomic E-state index is 10.4. The predicted molar refractivity (Wildman–Crippen MR) is 60.5 cm³/mol. The number of nitro groups is 2. The Balaban J connectivity index is 0.00000106. The number of hydrogen-bond donors (Lipinski definition) is 0. The highest BCUT2D eigenvalue weighted by atomic mass is 16.6. The van der Waals surface area contributed by atoms with Crippen molar-refractivity contribution in [1.82, 2.24) is 0 Å². The standard InChI is InChI=1S/C8H8N2O4.C2H6/c1-2-6-3-7(9(11)12)5-8(4-6)10(13)14;1-2/h3-5H,2H2,1H3;1-2H3. The third-order valence-electron chi connectivity index (χ3n) is 1.79. The minimum absolute atomic E-state index is 0.240. The molecule has 0 heterocycles. The number of hydrogen-bond acceptors (Lipinski definition) is 4. The molecule has 0 bridgehead atoms. The lowest BCUT2D eigenvalue weighted by atomic mass is 10.1. The van der Waals surface area contributed by atoms with Gasteiger partial charge in [-0.25, -0.2) is 0 Å². The van der Waals surface area contributed by atoms with Gasteiger partial charge in [0.05, 0.1) is 15.9 Å². The third kappa shape index (κ3) is 3.64.